The van der Waals surface area contributed by atoms with Crippen LogP contribution in [0.25, 0.3) is 77.0 Å². The van der Waals surface area contributed by atoms with Gasteiger partial charge in [0.15, 0.2) is 0 Å². The molecule has 9 aromatic rings. The van der Waals surface area contributed by atoms with Crippen molar-refractivity contribution in [3.63, 3.8) is 0 Å². The number of hydrogen-bond acceptors (Lipinski definition) is 1. The third-order valence-corrected chi connectivity index (χ3v) is 8.55. The maximum Gasteiger partial charge on any atom is 0.146 e. The Balaban J connectivity index is 1.39. The molecule has 9 rings (SSSR count). The van der Waals surface area contributed by atoms with Crippen molar-refractivity contribution in [2.24, 2.45) is 0 Å². The summed E-state index contributed by atoms with van der Waals surface area (Å²) in [5, 5.41) is 7.36. The second-order valence-corrected chi connectivity index (χ2v) is 10.8. The standard InChI is InChI=1S/C39H25N3/c1-2-13-28(14-3-1)42-35-19-9-7-16-33(35)38-31(23-24-40-39(38)42)30-17-10-20-36-37(30)32-15-6-8-18-34(32)41(36)29-22-21-26-11-4-5-12-27(26)25-29/h1-25H. The van der Waals surface area contributed by atoms with Crippen LogP contribution in [0.15, 0.2) is 152 Å². The molecular weight excluding hydrogens is 510 g/mol. The third-order valence-electron chi connectivity index (χ3n) is 8.55. The van der Waals surface area contributed by atoms with Crippen molar-refractivity contribution >= 4 is 54.5 Å². The van der Waals surface area contributed by atoms with E-state index < -0.39 is 0 Å². The summed E-state index contributed by atoms with van der Waals surface area (Å²) in [5.41, 5.74) is 9.20. The van der Waals surface area contributed by atoms with Crippen LogP contribution in [0.3, 0.4) is 0 Å². The van der Waals surface area contributed by atoms with Crippen LogP contribution in [-0.4, -0.2) is 14.1 Å². The van der Waals surface area contributed by atoms with Crippen molar-refractivity contribution in [2.45, 2.75) is 0 Å². The van der Waals surface area contributed by atoms with Gasteiger partial charge in [0.25, 0.3) is 0 Å². The molecule has 196 valence electrons. The van der Waals surface area contributed by atoms with E-state index in [1.165, 1.54) is 54.5 Å². The summed E-state index contributed by atoms with van der Waals surface area (Å²) in [6, 6.07) is 52.2. The summed E-state index contributed by atoms with van der Waals surface area (Å²) in [4.78, 5) is 4.96. The molecule has 0 saturated heterocycles. The SMILES string of the molecule is c1ccc(-n2c3ccccc3c3c(-c4cccc5c4c4ccccc4n5-c4ccc5ccccc5c4)ccnc32)cc1. The molecule has 0 saturated carbocycles. The number of para-hydroxylation sites is 3. The highest BCUT2D eigenvalue weighted by Gasteiger charge is 2.21. The van der Waals surface area contributed by atoms with E-state index in [-0.39, 0.29) is 0 Å². The normalized spacial score (nSPS) is 11.8. The van der Waals surface area contributed by atoms with E-state index in [2.05, 4.69) is 155 Å². The lowest BCUT2D eigenvalue weighted by Crippen LogP contribution is -1.95. The van der Waals surface area contributed by atoms with E-state index in [4.69, 9.17) is 4.98 Å². The van der Waals surface area contributed by atoms with Crippen molar-refractivity contribution < 1.29 is 0 Å². The molecule has 3 heteroatoms. The van der Waals surface area contributed by atoms with Crippen LogP contribution < -0.4 is 0 Å². The van der Waals surface area contributed by atoms with E-state index in [1.807, 2.05) is 6.20 Å². The number of benzene rings is 6. The van der Waals surface area contributed by atoms with Gasteiger partial charge in [-0.25, -0.2) is 4.98 Å². The van der Waals surface area contributed by atoms with Crippen molar-refractivity contribution in [1.82, 2.24) is 14.1 Å². The summed E-state index contributed by atoms with van der Waals surface area (Å²) >= 11 is 0. The van der Waals surface area contributed by atoms with Gasteiger partial charge in [0.1, 0.15) is 5.65 Å². The van der Waals surface area contributed by atoms with Gasteiger partial charge in [0, 0.05) is 39.1 Å². The number of pyridine rings is 1. The zero-order valence-corrected chi connectivity index (χ0v) is 22.8. The van der Waals surface area contributed by atoms with Crippen molar-refractivity contribution in [2.75, 3.05) is 0 Å². The predicted molar refractivity (Wildman–Crippen MR) is 176 cm³/mol. The predicted octanol–water partition coefficient (Wildman–Crippen LogP) is 10.1. The van der Waals surface area contributed by atoms with Gasteiger partial charge in [0.05, 0.1) is 16.6 Å². The van der Waals surface area contributed by atoms with Gasteiger partial charge in [-0.3, -0.25) is 4.57 Å². The fraction of sp³-hybridized carbons (Fsp3) is 0. The Bertz CT molecular complexity index is 2460. The minimum absolute atomic E-state index is 0.968. The van der Waals surface area contributed by atoms with Gasteiger partial charge in [-0.05, 0) is 70.4 Å². The molecule has 3 nitrogen and oxygen atoms in total. The number of hydrogen-bond donors (Lipinski definition) is 0. The zero-order chi connectivity index (χ0) is 27.6. The monoisotopic (exact) mass is 535 g/mol. The van der Waals surface area contributed by atoms with Crippen LogP contribution in [0.1, 0.15) is 0 Å². The number of rotatable bonds is 3. The lowest BCUT2D eigenvalue weighted by Gasteiger charge is -2.11. The Morgan fingerprint density at radius 2 is 1.05 bits per heavy atom. The van der Waals surface area contributed by atoms with Crippen molar-refractivity contribution in [3.8, 4) is 22.5 Å². The first-order valence-corrected chi connectivity index (χ1v) is 14.3. The van der Waals surface area contributed by atoms with Crippen LogP contribution in [0.2, 0.25) is 0 Å². The summed E-state index contributed by atoms with van der Waals surface area (Å²) < 4.78 is 4.69. The average Bonchev–Trinajstić information content (AvgIpc) is 3.58. The maximum absolute atomic E-state index is 4.96. The first kappa shape index (κ1) is 23.1. The number of nitrogens with zero attached hydrogens (tertiary/aromatic N) is 3. The van der Waals surface area contributed by atoms with E-state index >= 15 is 0 Å². The molecular formula is C39H25N3. The van der Waals surface area contributed by atoms with Gasteiger partial charge in [-0.1, -0.05) is 97.1 Å². The van der Waals surface area contributed by atoms with Crippen LogP contribution in [0, 0.1) is 0 Å². The minimum Gasteiger partial charge on any atom is -0.309 e. The molecule has 0 radical (unpaired) electrons. The highest BCUT2D eigenvalue weighted by atomic mass is 15.0. The van der Waals surface area contributed by atoms with Gasteiger partial charge >= 0.3 is 0 Å². The topological polar surface area (TPSA) is 22.8 Å². The first-order chi connectivity index (χ1) is 20.9. The van der Waals surface area contributed by atoms with E-state index in [0.29, 0.717) is 0 Å². The molecule has 0 N–H and O–H groups in total. The quantitative estimate of drug-likeness (QED) is 0.221. The molecule has 0 amide bonds. The minimum atomic E-state index is 0.968. The lowest BCUT2D eigenvalue weighted by molar-refractivity contribution is 1.14. The Hall–Kier alpha value is -5.67. The Kier molecular flexibility index (Phi) is 4.90. The fourth-order valence-corrected chi connectivity index (χ4v) is 6.78. The number of aromatic nitrogens is 3. The summed E-state index contributed by atoms with van der Waals surface area (Å²) in [7, 11) is 0. The van der Waals surface area contributed by atoms with Crippen molar-refractivity contribution in [3.05, 3.63) is 152 Å². The van der Waals surface area contributed by atoms with Crippen LogP contribution in [-0.2, 0) is 0 Å². The Labute approximate surface area is 242 Å². The van der Waals surface area contributed by atoms with E-state index in [9.17, 15) is 0 Å². The van der Waals surface area contributed by atoms with Gasteiger partial charge in [-0.2, -0.15) is 0 Å². The Morgan fingerprint density at radius 3 is 1.88 bits per heavy atom. The molecule has 6 aromatic carbocycles. The molecule has 3 heterocycles. The van der Waals surface area contributed by atoms with Gasteiger partial charge in [-0.15, -0.1) is 0 Å². The van der Waals surface area contributed by atoms with Crippen LogP contribution in [0.4, 0.5) is 0 Å². The second kappa shape index (κ2) is 8.92. The molecule has 42 heavy (non-hydrogen) atoms. The summed E-state index contributed by atoms with van der Waals surface area (Å²) in [6.07, 6.45) is 1.96. The smallest absolute Gasteiger partial charge is 0.146 e. The zero-order valence-electron chi connectivity index (χ0n) is 22.8. The van der Waals surface area contributed by atoms with E-state index in [0.717, 1.165) is 22.5 Å². The number of fused-ring (bicyclic) bond motifs is 7. The van der Waals surface area contributed by atoms with Gasteiger partial charge in [0.2, 0.25) is 0 Å². The first-order valence-electron chi connectivity index (χ1n) is 14.3. The maximum atomic E-state index is 4.96. The largest absolute Gasteiger partial charge is 0.309 e. The molecule has 0 aliphatic carbocycles. The second-order valence-electron chi connectivity index (χ2n) is 10.8. The molecule has 0 spiro atoms. The molecule has 0 bridgehead atoms. The molecule has 3 aromatic heterocycles. The van der Waals surface area contributed by atoms with Crippen molar-refractivity contribution in [1.29, 1.82) is 0 Å². The third kappa shape index (κ3) is 3.25. The Morgan fingerprint density at radius 1 is 0.405 bits per heavy atom. The molecule has 0 aliphatic heterocycles. The fourth-order valence-electron chi connectivity index (χ4n) is 6.78. The summed E-state index contributed by atoms with van der Waals surface area (Å²) in [5.74, 6) is 0. The highest BCUT2D eigenvalue weighted by molar-refractivity contribution is 6.21. The molecule has 0 unspecified atom stereocenters. The average molecular weight is 536 g/mol. The lowest BCUT2D eigenvalue weighted by atomic mass is 9.97. The summed E-state index contributed by atoms with van der Waals surface area (Å²) in [6.45, 7) is 0. The molecule has 0 fully saturated rings. The highest BCUT2D eigenvalue weighted by Crippen LogP contribution is 2.43. The molecule has 0 aliphatic rings. The van der Waals surface area contributed by atoms with Crippen LogP contribution in [0.5, 0.6) is 0 Å². The van der Waals surface area contributed by atoms with E-state index in [1.54, 1.807) is 0 Å². The molecule has 0 atom stereocenters. The van der Waals surface area contributed by atoms with Crippen LogP contribution >= 0.6 is 0 Å². The van der Waals surface area contributed by atoms with Gasteiger partial charge < -0.3 is 4.57 Å².